The molecule has 166 valence electrons. The number of carbonyl (C=O) groups excluding carboxylic acids is 1. The second kappa shape index (κ2) is 8.31. The van der Waals surface area contributed by atoms with Gasteiger partial charge in [0.15, 0.2) is 11.6 Å². The first-order valence-corrected chi connectivity index (χ1v) is 10.7. The number of rotatable bonds is 3. The summed E-state index contributed by atoms with van der Waals surface area (Å²) >= 11 is 0. The fourth-order valence-corrected chi connectivity index (χ4v) is 4.87. The van der Waals surface area contributed by atoms with Crippen LogP contribution in [-0.4, -0.2) is 62.4 Å². The highest BCUT2D eigenvalue weighted by molar-refractivity contribution is 5.68. The van der Waals surface area contributed by atoms with Gasteiger partial charge in [-0.1, -0.05) is 12.1 Å². The van der Waals surface area contributed by atoms with E-state index in [1.54, 1.807) is 17.3 Å². The van der Waals surface area contributed by atoms with Crippen molar-refractivity contribution < 1.29 is 13.9 Å². The van der Waals surface area contributed by atoms with Crippen LogP contribution < -0.4 is 0 Å². The molecular weight excluding hydrogens is 411 g/mol. The molecule has 2 aliphatic rings. The Morgan fingerprint density at radius 1 is 1.16 bits per heavy atom. The monoisotopic (exact) mass is 436 g/mol. The van der Waals surface area contributed by atoms with Gasteiger partial charge in [-0.25, -0.2) is 9.18 Å². The number of amides is 1. The predicted molar refractivity (Wildman–Crippen MR) is 115 cm³/mol. The van der Waals surface area contributed by atoms with E-state index in [0.29, 0.717) is 13.1 Å². The smallest absolute Gasteiger partial charge is 0.409 e. The molecule has 32 heavy (non-hydrogen) atoms. The Hall–Kier alpha value is -3.33. The second-order valence-corrected chi connectivity index (χ2v) is 8.47. The highest BCUT2D eigenvalue weighted by Gasteiger charge is 2.45. The van der Waals surface area contributed by atoms with Crippen LogP contribution in [0.15, 0.2) is 48.8 Å². The van der Waals surface area contributed by atoms with Crippen molar-refractivity contribution in [1.82, 2.24) is 29.5 Å². The minimum atomic E-state index is -0.352. The van der Waals surface area contributed by atoms with Crippen LogP contribution >= 0.6 is 0 Å². The highest BCUT2D eigenvalue weighted by atomic mass is 19.1. The summed E-state index contributed by atoms with van der Waals surface area (Å²) in [6.07, 6.45) is 4.84. The number of hydrogen-bond acceptors (Lipinski definition) is 6. The van der Waals surface area contributed by atoms with Gasteiger partial charge in [-0.05, 0) is 42.7 Å². The lowest BCUT2D eigenvalue weighted by atomic mass is 9.84. The SMILES string of the molecule is COC(=O)N1Cc2nnc(-c3cccnc3)n2C2(CCN(Cc3ccc(F)cc3)CC2)C1. The van der Waals surface area contributed by atoms with Gasteiger partial charge in [-0.15, -0.1) is 10.2 Å². The van der Waals surface area contributed by atoms with Gasteiger partial charge in [-0.3, -0.25) is 14.8 Å². The van der Waals surface area contributed by atoms with Crippen LogP contribution in [0.2, 0.25) is 0 Å². The molecule has 3 aromatic rings. The molecule has 1 saturated heterocycles. The molecule has 2 aliphatic heterocycles. The largest absolute Gasteiger partial charge is 0.453 e. The van der Waals surface area contributed by atoms with E-state index in [-0.39, 0.29) is 17.4 Å². The van der Waals surface area contributed by atoms with Crippen molar-refractivity contribution in [3.05, 3.63) is 66.0 Å². The van der Waals surface area contributed by atoms with Gasteiger partial charge in [0.1, 0.15) is 5.82 Å². The Kier molecular flexibility index (Phi) is 5.34. The van der Waals surface area contributed by atoms with Crippen molar-refractivity contribution in [3.8, 4) is 11.4 Å². The topological polar surface area (TPSA) is 76.4 Å². The van der Waals surface area contributed by atoms with Gasteiger partial charge in [0.25, 0.3) is 0 Å². The third-order valence-corrected chi connectivity index (χ3v) is 6.48. The minimum Gasteiger partial charge on any atom is -0.453 e. The van der Waals surface area contributed by atoms with Gasteiger partial charge in [-0.2, -0.15) is 0 Å². The molecule has 4 heterocycles. The number of methoxy groups -OCH3 is 1. The molecule has 5 rings (SSSR count). The third-order valence-electron chi connectivity index (χ3n) is 6.48. The van der Waals surface area contributed by atoms with Crippen LogP contribution in [0.25, 0.3) is 11.4 Å². The van der Waals surface area contributed by atoms with E-state index < -0.39 is 0 Å². The number of likely N-dealkylation sites (tertiary alicyclic amines) is 1. The molecule has 0 N–H and O–H groups in total. The van der Waals surface area contributed by atoms with Crippen LogP contribution in [0.5, 0.6) is 0 Å². The summed E-state index contributed by atoms with van der Waals surface area (Å²) in [5.74, 6) is 1.32. The molecule has 1 amide bonds. The third kappa shape index (κ3) is 3.73. The number of pyridine rings is 1. The summed E-state index contributed by atoms with van der Waals surface area (Å²) in [5, 5.41) is 8.91. The van der Waals surface area contributed by atoms with Crippen molar-refractivity contribution in [2.45, 2.75) is 31.5 Å². The number of halogens is 1. The van der Waals surface area contributed by atoms with Crippen LogP contribution in [0, 0.1) is 5.82 Å². The zero-order valence-electron chi connectivity index (χ0n) is 17.9. The number of nitrogens with zero attached hydrogens (tertiary/aromatic N) is 6. The van der Waals surface area contributed by atoms with Crippen molar-refractivity contribution >= 4 is 6.09 Å². The number of aromatic nitrogens is 4. The van der Waals surface area contributed by atoms with Gasteiger partial charge < -0.3 is 9.30 Å². The molecule has 0 saturated carbocycles. The van der Waals surface area contributed by atoms with E-state index >= 15 is 0 Å². The molecule has 2 aromatic heterocycles. The number of hydrogen-bond donors (Lipinski definition) is 0. The maximum Gasteiger partial charge on any atom is 0.409 e. The number of ether oxygens (including phenoxy) is 1. The molecule has 8 nitrogen and oxygen atoms in total. The summed E-state index contributed by atoms with van der Waals surface area (Å²) in [6.45, 7) is 3.36. The molecule has 1 spiro atoms. The lowest BCUT2D eigenvalue weighted by molar-refractivity contribution is 0.0341. The predicted octanol–water partition coefficient (Wildman–Crippen LogP) is 3.05. The van der Waals surface area contributed by atoms with E-state index in [2.05, 4.69) is 24.6 Å². The summed E-state index contributed by atoms with van der Waals surface area (Å²) in [6, 6.07) is 10.5. The first kappa shape index (κ1) is 20.6. The average Bonchev–Trinajstić information content (AvgIpc) is 3.27. The first-order valence-electron chi connectivity index (χ1n) is 10.7. The van der Waals surface area contributed by atoms with E-state index in [0.717, 1.165) is 55.3 Å². The van der Waals surface area contributed by atoms with Gasteiger partial charge >= 0.3 is 6.09 Å². The minimum absolute atomic E-state index is 0.223. The molecule has 0 radical (unpaired) electrons. The van der Waals surface area contributed by atoms with Crippen LogP contribution in [0.1, 0.15) is 24.2 Å². The normalized spacial score (nSPS) is 17.9. The molecule has 1 fully saturated rings. The Morgan fingerprint density at radius 2 is 1.94 bits per heavy atom. The van der Waals surface area contributed by atoms with Crippen molar-refractivity contribution in [3.63, 3.8) is 0 Å². The maximum atomic E-state index is 13.2. The number of piperidine rings is 1. The van der Waals surface area contributed by atoms with Crippen molar-refractivity contribution in [2.24, 2.45) is 0 Å². The fourth-order valence-electron chi connectivity index (χ4n) is 4.87. The van der Waals surface area contributed by atoms with E-state index in [1.165, 1.54) is 19.2 Å². The molecular formula is C23H25FN6O2. The Bertz CT molecular complexity index is 1090. The molecule has 0 bridgehead atoms. The van der Waals surface area contributed by atoms with E-state index in [9.17, 15) is 9.18 Å². The van der Waals surface area contributed by atoms with Gasteiger partial charge in [0.05, 0.1) is 19.2 Å². The van der Waals surface area contributed by atoms with Crippen LogP contribution in [0.3, 0.4) is 0 Å². The summed E-state index contributed by atoms with van der Waals surface area (Å²) in [4.78, 5) is 20.7. The summed E-state index contributed by atoms with van der Waals surface area (Å²) in [7, 11) is 1.40. The lowest BCUT2D eigenvalue weighted by Gasteiger charge is -2.48. The highest BCUT2D eigenvalue weighted by Crippen LogP contribution is 2.39. The zero-order valence-corrected chi connectivity index (χ0v) is 17.9. The van der Waals surface area contributed by atoms with E-state index in [4.69, 9.17) is 4.74 Å². The quantitative estimate of drug-likeness (QED) is 0.628. The van der Waals surface area contributed by atoms with Crippen molar-refractivity contribution in [1.29, 1.82) is 0 Å². The van der Waals surface area contributed by atoms with Gasteiger partial charge in [0.2, 0.25) is 0 Å². The van der Waals surface area contributed by atoms with Gasteiger partial charge in [0, 0.05) is 44.1 Å². The first-order chi connectivity index (χ1) is 15.6. The Labute approximate surface area is 185 Å². The van der Waals surface area contributed by atoms with Crippen molar-refractivity contribution in [2.75, 3.05) is 26.7 Å². The zero-order chi connectivity index (χ0) is 22.1. The lowest BCUT2D eigenvalue weighted by Crippen LogP contribution is -2.57. The number of fused-ring (bicyclic) bond motifs is 2. The van der Waals surface area contributed by atoms with Crippen LogP contribution in [0.4, 0.5) is 9.18 Å². The maximum absolute atomic E-state index is 13.2. The van der Waals surface area contributed by atoms with Crippen LogP contribution in [-0.2, 0) is 23.4 Å². The standard InChI is InChI=1S/C23H25FN6O2/c1-32-22(31)29-15-20-26-27-21(18-3-2-10-25-13-18)30(20)23(16-29)8-11-28(12-9-23)14-17-4-6-19(24)7-5-17/h2-7,10,13H,8-9,11-12,14-16H2,1H3. The molecule has 0 atom stereocenters. The van der Waals surface area contributed by atoms with E-state index in [1.807, 2.05) is 24.3 Å². The number of benzene rings is 1. The average molecular weight is 436 g/mol. The Morgan fingerprint density at radius 3 is 2.62 bits per heavy atom. The molecule has 0 aliphatic carbocycles. The Balaban J connectivity index is 1.44. The number of carbonyl (C=O) groups is 1. The summed E-state index contributed by atoms with van der Waals surface area (Å²) in [5.41, 5.74) is 1.67. The fraction of sp³-hybridized carbons (Fsp3) is 0.391. The molecule has 0 unspecified atom stereocenters. The molecule has 1 aromatic carbocycles. The second-order valence-electron chi connectivity index (χ2n) is 8.47. The molecule has 9 heteroatoms. The summed E-state index contributed by atoms with van der Waals surface area (Å²) < 4.78 is 20.5.